The summed E-state index contributed by atoms with van der Waals surface area (Å²) in [5.74, 6) is 0.732. The summed E-state index contributed by atoms with van der Waals surface area (Å²) in [4.78, 5) is 26.9. The maximum absolute atomic E-state index is 13.2. The third-order valence-corrected chi connectivity index (χ3v) is 4.81. The van der Waals surface area contributed by atoms with Crippen molar-refractivity contribution in [3.8, 4) is 5.75 Å². The first-order valence-corrected chi connectivity index (χ1v) is 9.81. The molecule has 3 N–H and O–H groups in total. The summed E-state index contributed by atoms with van der Waals surface area (Å²) in [6.07, 6.45) is 0. The lowest BCUT2D eigenvalue weighted by molar-refractivity contribution is 0.0631. The SMILES string of the molecule is COc1ccccc1C1CNCCN1C(=O)c1ccc(NC(=O)NC(C)C)cc1. The molecule has 0 spiro atoms. The lowest BCUT2D eigenvalue weighted by Gasteiger charge is -2.37. The zero-order valence-corrected chi connectivity index (χ0v) is 17.1. The molecule has 3 amide bonds. The zero-order valence-electron chi connectivity index (χ0n) is 17.1. The van der Waals surface area contributed by atoms with Gasteiger partial charge in [0, 0.05) is 42.5 Å². The van der Waals surface area contributed by atoms with E-state index < -0.39 is 0 Å². The fourth-order valence-corrected chi connectivity index (χ4v) is 3.46. The van der Waals surface area contributed by atoms with Gasteiger partial charge in [-0.1, -0.05) is 18.2 Å². The topological polar surface area (TPSA) is 82.7 Å². The Kier molecular flexibility index (Phi) is 6.72. The summed E-state index contributed by atoms with van der Waals surface area (Å²) in [6.45, 7) is 5.81. The molecule has 3 rings (SSSR count). The van der Waals surface area contributed by atoms with Crippen LogP contribution in [0.2, 0.25) is 0 Å². The molecule has 1 fully saturated rings. The monoisotopic (exact) mass is 396 g/mol. The van der Waals surface area contributed by atoms with E-state index in [2.05, 4.69) is 16.0 Å². The van der Waals surface area contributed by atoms with Gasteiger partial charge in [-0.25, -0.2) is 4.79 Å². The minimum atomic E-state index is -0.266. The first kappa shape index (κ1) is 20.7. The van der Waals surface area contributed by atoms with E-state index in [1.807, 2.05) is 43.0 Å². The molecular formula is C22H28N4O3. The van der Waals surface area contributed by atoms with Crippen LogP contribution in [0.15, 0.2) is 48.5 Å². The Morgan fingerprint density at radius 2 is 1.86 bits per heavy atom. The Morgan fingerprint density at radius 1 is 1.14 bits per heavy atom. The number of methoxy groups -OCH3 is 1. The molecule has 0 radical (unpaired) electrons. The van der Waals surface area contributed by atoms with Gasteiger partial charge < -0.3 is 25.6 Å². The van der Waals surface area contributed by atoms with Crippen LogP contribution in [-0.2, 0) is 0 Å². The highest BCUT2D eigenvalue weighted by Gasteiger charge is 2.30. The predicted octanol–water partition coefficient (Wildman–Crippen LogP) is 3.01. The fourth-order valence-electron chi connectivity index (χ4n) is 3.46. The van der Waals surface area contributed by atoms with Crippen molar-refractivity contribution in [1.82, 2.24) is 15.5 Å². The number of ether oxygens (including phenoxy) is 1. The van der Waals surface area contributed by atoms with E-state index in [9.17, 15) is 9.59 Å². The molecule has 1 unspecified atom stereocenters. The van der Waals surface area contributed by atoms with Crippen LogP contribution in [0.3, 0.4) is 0 Å². The van der Waals surface area contributed by atoms with Crippen molar-refractivity contribution in [3.63, 3.8) is 0 Å². The van der Waals surface area contributed by atoms with Gasteiger partial charge in [0.05, 0.1) is 13.2 Å². The molecule has 0 aliphatic carbocycles. The molecule has 2 aromatic rings. The standard InChI is InChI=1S/C22H28N4O3/c1-15(2)24-22(28)25-17-10-8-16(9-11-17)21(27)26-13-12-23-14-19(26)18-6-4-5-7-20(18)29-3/h4-11,15,19,23H,12-14H2,1-3H3,(H2,24,25,28). The molecular weight excluding hydrogens is 368 g/mol. The van der Waals surface area contributed by atoms with Gasteiger partial charge in [0.15, 0.2) is 0 Å². The number of anilines is 1. The summed E-state index contributed by atoms with van der Waals surface area (Å²) in [5.41, 5.74) is 2.21. The van der Waals surface area contributed by atoms with Crippen molar-refractivity contribution < 1.29 is 14.3 Å². The molecule has 1 aliphatic heterocycles. The lowest BCUT2D eigenvalue weighted by atomic mass is 10.0. The highest BCUT2D eigenvalue weighted by molar-refractivity contribution is 5.96. The molecule has 0 saturated carbocycles. The third kappa shape index (κ3) is 5.06. The second-order valence-corrected chi connectivity index (χ2v) is 7.29. The Morgan fingerprint density at radius 3 is 2.55 bits per heavy atom. The van der Waals surface area contributed by atoms with Gasteiger partial charge in [0.1, 0.15) is 5.75 Å². The minimum absolute atomic E-state index is 0.0411. The molecule has 154 valence electrons. The van der Waals surface area contributed by atoms with Crippen molar-refractivity contribution in [2.45, 2.75) is 25.9 Å². The summed E-state index contributed by atoms with van der Waals surface area (Å²) in [6, 6.07) is 14.4. The van der Waals surface area contributed by atoms with Crippen molar-refractivity contribution in [2.75, 3.05) is 32.1 Å². The van der Waals surface area contributed by atoms with Crippen molar-refractivity contribution in [2.24, 2.45) is 0 Å². The number of nitrogens with zero attached hydrogens (tertiary/aromatic N) is 1. The van der Waals surface area contributed by atoms with Gasteiger partial charge in [-0.05, 0) is 44.2 Å². The Hall–Kier alpha value is -3.06. The maximum Gasteiger partial charge on any atom is 0.319 e. The van der Waals surface area contributed by atoms with Crippen LogP contribution in [0.1, 0.15) is 35.8 Å². The Balaban J connectivity index is 1.76. The molecule has 2 aromatic carbocycles. The van der Waals surface area contributed by atoms with Crippen LogP contribution in [0.5, 0.6) is 5.75 Å². The molecule has 0 aromatic heterocycles. The summed E-state index contributed by atoms with van der Waals surface area (Å²) < 4.78 is 5.50. The van der Waals surface area contributed by atoms with Crippen molar-refractivity contribution in [3.05, 3.63) is 59.7 Å². The van der Waals surface area contributed by atoms with Gasteiger partial charge in [-0.15, -0.1) is 0 Å². The van der Waals surface area contributed by atoms with E-state index in [4.69, 9.17) is 4.74 Å². The number of carbonyl (C=O) groups is 2. The second-order valence-electron chi connectivity index (χ2n) is 7.29. The molecule has 0 bridgehead atoms. The van der Waals surface area contributed by atoms with Crippen LogP contribution in [0.25, 0.3) is 0 Å². The fraction of sp³-hybridized carbons (Fsp3) is 0.364. The van der Waals surface area contributed by atoms with E-state index in [1.165, 1.54) is 0 Å². The first-order chi connectivity index (χ1) is 14.0. The number of hydrogen-bond acceptors (Lipinski definition) is 4. The minimum Gasteiger partial charge on any atom is -0.496 e. The number of nitrogens with one attached hydrogen (secondary N) is 3. The number of piperazine rings is 1. The van der Waals surface area contributed by atoms with E-state index >= 15 is 0 Å². The van der Waals surface area contributed by atoms with Crippen LogP contribution in [0, 0.1) is 0 Å². The van der Waals surface area contributed by atoms with Crippen LogP contribution < -0.4 is 20.7 Å². The molecule has 7 nitrogen and oxygen atoms in total. The van der Waals surface area contributed by atoms with Gasteiger partial charge in [-0.2, -0.15) is 0 Å². The number of carbonyl (C=O) groups excluding carboxylic acids is 2. The average molecular weight is 396 g/mol. The number of rotatable bonds is 5. The second kappa shape index (κ2) is 9.43. The maximum atomic E-state index is 13.2. The Bertz CT molecular complexity index is 851. The molecule has 1 heterocycles. The van der Waals surface area contributed by atoms with E-state index in [1.54, 1.807) is 31.4 Å². The molecule has 1 saturated heterocycles. The smallest absolute Gasteiger partial charge is 0.319 e. The third-order valence-electron chi connectivity index (χ3n) is 4.81. The predicted molar refractivity (Wildman–Crippen MR) is 113 cm³/mol. The van der Waals surface area contributed by atoms with Crippen LogP contribution >= 0.6 is 0 Å². The normalized spacial score (nSPS) is 16.4. The van der Waals surface area contributed by atoms with Crippen LogP contribution in [0.4, 0.5) is 10.5 Å². The van der Waals surface area contributed by atoms with Gasteiger partial charge in [-0.3, -0.25) is 4.79 Å². The zero-order chi connectivity index (χ0) is 20.8. The number of urea groups is 1. The van der Waals surface area contributed by atoms with E-state index in [-0.39, 0.29) is 24.0 Å². The molecule has 29 heavy (non-hydrogen) atoms. The highest BCUT2D eigenvalue weighted by atomic mass is 16.5. The summed E-state index contributed by atoms with van der Waals surface area (Å²) >= 11 is 0. The highest BCUT2D eigenvalue weighted by Crippen LogP contribution is 2.31. The quantitative estimate of drug-likeness (QED) is 0.726. The van der Waals surface area contributed by atoms with Gasteiger partial charge in [0.2, 0.25) is 0 Å². The molecule has 7 heteroatoms. The lowest BCUT2D eigenvalue weighted by Crippen LogP contribution is -2.48. The average Bonchev–Trinajstić information content (AvgIpc) is 2.73. The summed E-state index contributed by atoms with van der Waals surface area (Å²) in [7, 11) is 1.64. The largest absolute Gasteiger partial charge is 0.496 e. The van der Waals surface area contributed by atoms with Gasteiger partial charge >= 0.3 is 6.03 Å². The van der Waals surface area contributed by atoms with E-state index in [0.717, 1.165) is 17.9 Å². The van der Waals surface area contributed by atoms with Gasteiger partial charge in [0.25, 0.3) is 5.91 Å². The van der Waals surface area contributed by atoms with E-state index in [0.29, 0.717) is 24.3 Å². The number of amides is 3. The first-order valence-electron chi connectivity index (χ1n) is 9.81. The summed E-state index contributed by atoms with van der Waals surface area (Å²) in [5, 5.41) is 8.90. The number of hydrogen-bond donors (Lipinski definition) is 3. The van der Waals surface area contributed by atoms with Crippen molar-refractivity contribution >= 4 is 17.6 Å². The Labute approximate surface area is 171 Å². The molecule has 1 atom stereocenters. The molecule has 1 aliphatic rings. The van der Waals surface area contributed by atoms with Crippen molar-refractivity contribution in [1.29, 1.82) is 0 Å². The van der Waals surface area contributed by atoms with Crippen LogP contribution in [-0.4, -0.2) is 49.6 Å². The number of benzene rings is 2. The number of para-hydroxylation sites is 1.